The van der Waals surface area contributed by atoms with E-state index in [0.29, 0.717) is 17.5 Å². The molecule has 1 aromatic rings. The van der Waals surface area contributed by atoms with Gasteiger partial charge in [-0.25, -0.2) is 0 Å². The SMILES string of the molecule is O=C(CC12C[C@H]3C[C@@H](CC(Br)(C3)C1)C2)OCCN1C(=O)c2ccccc2C1=O. The molecule has 6 heteroatoms. The molecule has 2 amide bonds. The molecule has 4 saturated carbocycles. The van der Waals surface area contributed by atoms with Gasteiger partial charge in [0.25, 0.3) is 11.8 Å². The first kappa shape index (κ1) is 18.3. The Labute approximate surface area is 172 Å². The Hall–Kier alpha value is -1.69. The molecule has 0 radical (unpaired) electrons. The largest absolute Gasteiger partial charge is 0.464 e. The van der Waals surface area contributed by atoms with Crippen molar-refractivity contribution in [1.82, 2.24) is 4.90 Å². The second-order valence-corrected chi connectivity index (χ2v) is 11.0. The summed E-state index contributed by atoms with van der Waals surface area (Å²) < 4.78 is 5.69. The van der Waals surface area contributed by atoms with Gasteiger partial charge in [-0.3, -0.25) is 19.3 Å². The monoisotopic (exact) mass is 445 g/mol. The van der Waals surface area contributed by atoms with Gasteiger partial charge in [0.15, 0.2) is 0 Å². The van der Waals surface area contributed by atoms with Gasteiger partial charge in [-0.2, -0.15) is 0 Å². The zero-order valence-electron chi connectivity index (χ0n) is 15.8. The second kappa shape index (κ2) is 6.41. The molecule has 1 aliphatic heterocycles. The lowest BCUT2D eigenvalue weighted by atomic mass is 9.49. The highest BCUT2D eigenvalue weighted by atomic mass is 79.9. The Morgan fingerprint density at radius 3 is 2.25 bits per heavy atom. The van der Waals surface area contributed by atoms with Crippen molar-refractivity contribution in [1.29, 1.82) is 0 Å². The summed E-state index contributed by atoms with van der Waals surface area (Å²) in [6, 6.07) is 6.81. The maximum Gasteiger partial charge on any atom is 0.306 e. The van der Waals surface area contributed by atoms with Crippen LogP contribution in [0.15, 0.2) is 24.3 Å². The zero-order chi connectivity index (χ0) is 19.5. The number of nitrogens with zero attached hydrogens (tertiary/aromatic N) is 1. The summed E-state index contributed by atoms with van der Waals surface area (Å²) in [5, 5.41) is 0. The minimum atomic E-state index is -0.307. The minimum Gasteiger partial charge on any atom is -0.464 e. The van der Waals surface area contributed by atoms with E-state index in [2.05, 4.69) is 15.9 Å². The van der Waals surface area contributed by atoms with Crippen LogP contribution in [0, 0.1) is 17.3 Å². The van der Waals surface area contributed by atoms with Gasteiger partial charge in [-0.1, -0.05) is 28.1 Å². The van der Waals surface area contributed by atoms with Gasteiger partial charge in [-0.15, -0.1) is 0 Å². The van der Waals surface area contributed by atoms with Crippen LogP contribution < -0.4 is 0 Å². The molecule has 0 N–H and O–H groups in total. The third-order valence-corrected chi connectivity index (χ3v) is 8.01. The molecular formula is C22H24BrNO4. The standard InChI is InChI=1S/C22H24BrNO4/c23-22-10-14-7-15(11-22)9-21(8-14,13-22)12-18(25)28-6-5-24-19(26)16-3-1-2-4-17(16)20(24)27/h1-4,14-15H,5-13H2/t14-,15-,21?,22?/m1/s1. The maximum absolute atomic E-state index is 12.6. The minimum absolute atomic E-state index is 0.0622. The van der Waals surface area contributed by atoms with Crippen molar-refractivity contribution < 1.29 is 19.1 Å². The lowest BCUT2D eigenvalue weighted by Gasteiger charge is -2.60. The van der Waals surface area contributed by atoms with Crippen molar-refractivity contribution in [3.63, 3.8) is 0 Å². The predicted molar refractivity (Wildman–Crippen MR) is 106 cm³/mol. The van der Waals surface area contributed by atoms with Gasteiger partial charge in [0.2, 0.25) is 0 Å². The van der Waals surface area contributed by atoms with Gasteiger partial charge >= 0.3 is 5.97 Å². The smallest absolute Gasteiger partial charge is 0.306 e. The molecule has 148 valence electrons. The number of ether oxygens (including phenoxy) is 1. The fourth-order valence-corrected chi connectivity index (χ4v) is 8.10. The van der Waals surface area contributed by atoms with Crippen LogP contribution in [0.2, 0.25) is 0 Å². The number of carbonyl (C=O) groups excluding carboxylic acids is 3. The van der Waals surface area contributed by atoms with Crippen molar-refractivity contribution in [2.24, 2.45) is 17.3 Å². The van der Waals surface area contributed by atoms with Gasteiger partial charge in [0.05, 0.1) is 24.1 Å². The number of amides is 2. The average Bonchev–Trinajstić information content (AvgIpc) is 2.84. The van der Waals surface area contributed by atoms with Gasteiger partial charge in [0, 0.05) is 4.32 Å². The molecule has 2 atom stereocenters. The number of alkyl halides is 1. The van der Waals surface area contributed by atoms with Gasteiger partial charge < -0.3 is 4.74 Å². The number of fused-ring (bicyclic) bond motifs is 1. The molecule has 6 rings (SSSR count). The average molecular weight is 446 g/mol. The number of hydrogen-bond donors (Lipinski definition) is 0. The highest BCUT2D eigenvalue weighted by molar-refractivity contribution is 9.10. The van der Waals surface area contributed by atoms with E-state index >= 15 is 0 Å². The first-order valence-electron chi connectivity index (χ1n) is 10.2. The zero-order valence-corrected chi connectivity index (χ0v) is 17.4. The van der Waals surface area contributed by atoms with Crippen LogP contribution in [0.1, 0.15) is 65.7 Å². The second-order valence-electron chi connectivity index (χ2n) is 9.32. The molecule has 0 aromatic heterocycles. The molecule has 28 heavy (non-hydrogen) atoms. The Balaban J connectivity index is 1.17. The quantitative estimate of drug-likeness (QED) is 0.391. The predicted octanol–water partition coefficient (Wildman–Crippen LogP) is 3.95. The fraction of sp³-hybridized carbons (Fsp3) is 0.591. The van der Waals surface area contributed by atoms with E-state index in [4.69, 9.17) is 4.74 Å². The van der Waals surface area contributed by atoms with Crippen LogP contribution in [0.25, 0.3) is 0 Å². The number of halogens is 1. The fourth-order valence-electron chi connectivity index (χ4n) is 6.59. The van der Waals surface area contributed by atoms with E-state index in [9.17, 15) is 14.4 Å². The lowest BCUT2D eigenvalue weighted by molar-refractivity contribution is -0.151. The van der Waals surface area contributed by atoms with E-state index in [1.807, 2.05) is 0 Å². The van der Waals surface area contributed by atoms with Crippen molar-refractivity contribution >= 4 is 33.7 Å². The van der Waals surface area contributed by atoms with Crippen LogP contribution in [0.4, 0.5) is 0 Å². The Morgan fingerprint density at radius 1 is 1.07 bits per heavy atom. The summed E-state index contributed by atoms with van der Waals surface area (Å²) >= 11 is 3.97. The Morgan fingerprint density at radius 2 is 1.68 bits per heavy atom. The molecule has 0 spiro atoms. The van der Waals surface area contributed by atoms with Crippen LogP contribution >= 0.6 is 15.9 Å². The summed E-state index contributed by atoms with van der Waals surface area (Å²) in [7, 11) is 0. The maximum atomic E-state index is 12.6. The summed E-state index contributed by atoms with van der Waals surface area (Å²) in [5.41, 5.74) is 0.922. The number of rotatable bonds is 5. The van der Waals surface area contributed by atoms with E-state index < -0.39 is 0 Å². The number of benzene rings is 1. The third kappa shape index (κ3) is 3.00. The molecule has 4 bridgehead atoms. The van der Waals surface area contributed by atoms with Crippen LogP contribution in [0.5, 0.6) is 0 Å². The highest BCUT2D eigenvalue weighted by Crippen LogP contribution is 2.65. The molecule has 5 nitrogen and oxygen atoms in total. The number of imide groups is 1. The highest BCUT2D eigenvalue weighted by Gasteiger charge is 2.57. The molecule has 5 aliphatic rings. The van der Waals surface area contributed by atoms with Crippen molar-refractivity contribution in [3.05, 3.63) is 35.4 Å². The Kier molecular flexibility index (Phi) is 4.20. The molecule has 4 fully saturated rings. The van der Waals surface area contributed by atoms with Crippen LogP contribution in [-0.2, 0) is 9.53 Å². The van der Waals surface area contributed by atoms with Gasteiger partial charge in [0.1, 0.15) is 6.61 Å². The normalized spacial score (nSPS) is 35.4. The summed E-state index contributed by atoms with van der Waals surface area (Å²) in [5.74, 6) is 0.645. The number of esters is 1. The summed E-state index contributed by atoms with van der Waals surface area (Å²) in [6.07, 6.45) is 7.55. The van der Waals surface area contributed by atoms with Crippen molar-refractivity contribution in [2.75, 3.05) is 13.2 Å². The number of hydrogen-bond acceptors (Lipinski definition) is 4. The van der Waals surface area contributed by atoms with E-state index in [1.165, 1.54) is 24.2 Å². The van der Waals surface area contributed by atoms with Crippen molar-refractivity contribution in [2.45, 2.75) is 49.3 Å². The molecule has 4 aliphatic carbocycles. The van der Waals surface area contributed by atoms with E-state index in [1.54, 1.807) is 24.3 Å². The van der Waals surface area contributed by atoms with Crippen LogP contribution in [0.3, 0.4) is 0 Å². The van der Waals surface area contributed by atoms with E-state index in [0.717, 1.165) is 31.1 Å². The first-order chi connectivity index (χ1) is 13.4. The molecule has 0 unspecified atom stereocenters. The number of carbonyl (C=O) groups is 3. The van der Waals surface area contributed by atoms with E-state index in [-0.39, 0.29) is 40.7 Å². The van der Waals surface area contributed by atoms with Gasteiger partial charge in [-0.05, 0) is 67.9 Å². The topological polar surface area (TPSA) is 63.7 Å². The molecular weight excluding hydrogens is 422 g/mol. The lowest BCUT2D eigenvalue weighted by Crippen LogP contribution is -2.53. The molecule has 1 heterocycles. The summed E-state index contributed by atoms with van der Waals surface area (Å²) in [4.78, 5) is 38.5. The molecule has 0 saturated heterocycles. The van der Waals surface area contributed by atoms with Crippen LogP contribution in [-0.4, -0.2) is 40.2 Å². The van der Waals surface area contributed by atoms with Crippen molar-refractivity contribution in [3.8, 4) is 0 Å². The Bertz CT molecular complexity index is 817. The third-order valence-electron chi connectivity index (χ3n) is 7.09. The first-order valence-corrected chi connectivity index (χ1v) is 11.0. The summed E-state index contributed by atoms with van der Waals surface area (Å²) in [6.45, 7) is 0.172. The molecule has 1 aromatic carbocycles.